The number of benzene rings is 1. The van der Waals surface area contributed by atoms with Crippen LogP contribution in [0.5, 0.6) is 0 Å². The van der Waals surface area contributed by atoms with Crippen molar-refractivity contribution in [2.45, 2.75) is 32.4 Å². The van der Waals surface area contributed by atoms with Crippen LogP contribution in [0, 0.1) is 0 Å². The average Bonchev–Trinajstić information content (AvgIpc) is 2.68. The smallest absolute Gasteiger partial charge is 0.236 e. The molecular formula is C18H27N3O2. The van der Waals surface area contributed by atoms with Crippen LogP contribution in [0.4, 0.5) is 0 Å². The van der Waals surface area contributed by atoms with Crippen LogP contribution in [0.2, 0.25) is 0 Å². The third kappa shape index (κ3) is 4.79. The molecule has 126 valence electrons. The van der Waals surface area contributed by atoms with Crippen LogP contribution >= 0.6 is 0 Å². The van der Waals surface area contributed by atoms with Crippen LogP contribution in [-0.4, -0.2) is 66.3 Å². The van der Waals surface area contributed by atoms with Gasteiger partial charge in [0.1, 0.15) is 0 Å². The Morgan fingerprint density at radius 2 is 1.96 bits per heavy atom. The van der Waals surface area contributed by atoms with Crippen molar-refractivity contribution in [2.75, 3.05) is 33.7 Å². The van der Waals surface area contributed by atoms with E-state index in [9.17, 15) is 9.59 Å². The minimum Gasteiger partial charge on any atom is -0.339 e. The van der Waals surface area contributed by atoms with Crippen LogP contribution in [0.3, 0.4) is 0 Å². The molecule has 0 aliphatic carbocycles. The van der Waals surface area contributed by atoms with Gasteiger partial charge in [0.25, 0.3) is 0 Å². The maximum Gasteiger partial charge on any atom is 0.236 e. The number of hydrogen-bond donors (Lipinski definition) is 0. The Morgan fingerprint density at radius 1 is 1.26 bits per heavy atom. The SMILES string of the molecule is CC[C@H]1CN(C(=O)CN(C)C)CCC(=O)N1Cc1ccccc1. The largest absolute Gasteiger partial charge is 0.339 e. The van der Waals surface area contributed by atoms with E-state index in [0.717, 1.165) is 12.0 Å². The van der Waals surface area contributed by atoms with Gasteiger partial charge < -0.3 is 14.7 Å². The van der Waals surface area contributed by atoms with E-state index in [1.165, 1.54) is 0 Å². The molecule has 1 heterocycles. The quantitative estimate of drug-likeness (QED) is 0.828. The van der Waals surface area contributed by atoms with Gasteiger partial charge in [-0.15, -0.1) is 0 Å². The number of nitrogens with zero attached hydrogens (tertiary/aromatic N) is 3. The van der Waals surface area contributed by atoms with E-state index < -0.39 is 0 Å². The zero-order valence-electron chi connectivity index (χ0n) is 14.4. The van der Waals surface area contributed by atoms with Crippen molar-refractivity contribution in [1.29, 1.82) is 0 Å². The molecule has 5 heteroatoms. The molecule has 1 aromatic carbocycles. The third-order valence-corrected chi connectivity index (χ3v) is 4.26. The van der Waals surface area contributed by atoms with Gasteiger partial charge in [-0.3, -0.25) is 9.59 Å². The first-order valence-corrected chi connectivity index (χ1v) is 8.27. The molecule has 2 rings (SSSR count). The lowest BCUT2D eigenvalue weighted by atomic mass is 10.1. The Kier molecular flexibility index (Phi) is 6.16. The third-order valence-electron chi connectivity index (χ3n) is 4.26. The molecule has 0 N–H and O–H groups in total. The van der Waals surface area contributed by atoms with Crippen molar-refractivity contribution in [3.63, 3.8) is 0 Å². The standard InChI is InChI=1S/C18H27N3O2/c1-4-16-13-20(18(23)14-19(2)3)11-10-17(22)21(16)12-15-8-6-5-7-9-15/h5-9,16H,4,10-14H2,1-3H3/t16-/m0/s1. The van der Waals surface area contributed by atoms with Gasteiger partial charge in [-0.05, 0) is 26.1 Å². The summed E-state index contributed by atoms with van der Waals surface area (Å²) >= 11 is 0. The molecule has 1 aliphatic rings. The van der Waals surface area contributed by atoms with Crippen molar-refractivity contribution in [1.82, 2.24) is 14.7 Å². The van der Waals surface area contributed by atoms with E-state index in [1.54, 1.807) is 0 Å². The van der Waals surface area contributed by atoms with Gasteiger partial charge in [0, 0.05) is 32.1 Å². The molecule has 1 aliphatic heterocycles. The van der Waals surface area contributed by atoms with Gasteiger partial charge >= 0.3 is 0 Å². The van der Waals surface area contributed by atoms with Crippen LogP contribution in [0.15, 0.2) is 30.3 Å². The molecule has 1 aromatic rings. The first-order valence-electron chi connectivity index (χ1n) is 8.27. The van der Waals surface area contributed by atoms with E-state index >= 15 is 0 Å². The number of amides is 2. The Balaban J connectivity index is 2.11. The fourth-order valence-electron chi connectivity index (χ4n) is 2.97. The highest BCUT2D eigenvalue weighted by Crippen LogP contribution is 2.18. The minimum absolute atomic E-state index is 0.0799. The first-order chi connectivity index (χ1) is 11.0. The highest BCUT2D eigenvalue weighted by atomic mass is 16.2. The Morgan fingerprint density at radius 3 is 2.57 bits per heavy atom. The summed E-state index contributed by atoms with van der Waals surface area (Å²) in [4.78, 5) is 30.6. The lowest BCUT2D eigenvalue weighted by Crippen LogP contribution is -2.45. The lowest BCUT2D eigenvalue weighted by Gasteiger charge is -2.31. The van der Waals surface area contributed by atoms with Crippen molar-refractivity contribution in [2.24, 2.45) is 0 Å². The predicted molar refractivity (Wildman–Crippen MR) is 90.8 cm³/mol. The fourth-order valence-corrected chi connectivity index (χ4v) is 2.97. The van der Waals surface area contributed by atoms with Crippen LogP contribution in [-0.2, 0) is 16.1 Å². The van der Waals surface area contributed by atoms with E-state index in [4.69, 9.17) is 0 Å². The van der Waals surface area contributed by atoms with Crippen molar-refractivity contribution in [3.8, 4) is 0 Å². The van der Waals surface area contributed by atoms with Crippen LogP contribution in [0.25, 0.3) is 0 Å². The second-order valence-corrected chi connectivity index (χ2v) is 6.40. The summed E-state index contributed by atoms with van der Waals surface area (Å²) in [5.41, 5.74) is 1.13. The fraction of sp³-hybridized carbons (Fsp3) is 0.556. The molecule has 2 amide bonds. The second-order valence-electron chi connectivity index (χ2n) is 6.40. The first kappa shape index (κ1) is 17.5. The number of carbonyl (C=O) groups is 2. The van der Waals surface area contributed by atoms with Crippen LogP contribution in [0.1, 0.15) is 25.3 Å². The predicted octanol–water partition coefficient (Wildman–Crippen LogP) is 1.59. The molecule has 0 radical (unpaired) electrons. The monoisotopic (exact) mass is 317 g/mol. The Labute approximate surface area is 138 Å². The molecule has 1 fully saturated rings. The van der Waals surface area contributed by atoms with E-state index in [-0.39, 0.29) is 17.9 Å². The van der Waals surface area contributed by atoms with Crippen molar-refractivity contribution < 1.29 is 9.59 Å². The van der Waals surface area contributed by atoms with Crippen molar-refractivity contribution in [3.05, 3.63) is 35.9 Å². The number of likely N-dealkylation sites (N-methyl/N-ethyl adjacent to an activating group) is 1. The molecule has 0 aromatic heterocycles. The molecule has 0 saturated carbocycles. The van der Waals surface area contributed by atoms with Crippen LogP contribution < -0.4 is 0 Å². The second kappa shape index (κ2) is 8.11. The Bertz CT molecular complexity index is 530. The van der Waals surface area contributed by atoms with Gasteiger partial charge in [0.2, 0.25) is 11.8 Å². The minimum atomic E-state index is 0.0799. The van der Waals surface area contributed by atoms with Gasteiger partial charge in [0.05, 0.1) is 6.54 Å². The number of carbonyl (C=O) groups excluding carboxylic acids is 2. The summed E-state index contributed by atoms with van der Waals surface area (Å²) in [6.07, 6.45) is 1.26. The molecule has 0 unspecified atom stereocenters. The van der Waals surface area contributed by atoms with E-state index in [1.807, 2.05) is 59.1 Å². The molecule has 0 spiro atoms. The summed E-state index contributed by atoms with van der Waals surface area (Å²) in [6.45, 7) is 4.24. The normalized spacial score (nSPS) is 19.1. The maximum absolute atomic E-state index is 12.6. The highest BCUT2D eigenvalue weighted by molar-refractivity contribution is 5.81. The van der Waals surface area contributed by atoms with E-state index in [2.05, 4.69) is 6.92 Å². The molecular weight excluding hydrogens is 290 g/mol. The number of rotatable bonds is 5. The molecule has 1 saturated heterocycles. The summed E-state index contributed by atoms with van der Waals surface area (Å²) in [5, 5.41) is 0. The lowest BCUT2D eigenvalue weighted by molar-refractivity contribution is -0.133. The maximum atomic E-state index is 12.6. The van der Waals surface area contributed by atoms with Gasteiger partial charge in [-0.1, -0.05) is 37.3 Å². The highest BCUT2D eigenvalue weighted by Gasteiger charge is 2.30. The molecule has 1 atom stereocenters. The van der Waals surface area contributed by atoms with Crippen molar-refractivity contribution >= 4 is 11.8 Å². The molecule has 5 nitrogen and oxygen atoms in total. The zero-order valence-corrected chi connectivity index (χ0v) is 14.4. The van der Waals surface area contributed by atoms with E-state index in [0.29, 0.717) is 32.6 Å². The summed E-state index contributed by atoms with van der Waals surface area (Å²) in [7, 11) is 3.78. The van der Waals surface area contributed by atoms with Gasteiger partial charge in [-0.2, -0.15) is 0 Å². The topological polar surface area (TPSA) is 43.9 Å². The molecule has 0 bridgehead atoms. The summed E-state index contributed by atoms with van der Waals surface area (Å²) in [6, 6.07) is 10.1. The zero-order chi connectivity index (χ0) is 16.8. The molecule has 23 heavy (non-hydrogen) atoms. The van der Waals surface area contributed by atoms with Gasteiger partial charge in [-0.25, -0.2) is 0 Å². The average molecular weight is 317 g/mol. The van der Waals surface area contributed by atoms with Gasteiger partial charge in [0.15, 0.2) is 0 Å². The Hall–Kier alpha value is -1.88. The number of hydrogen-bond acceptors (Lipinski definition) is 3. The summed E-state index contributed by atoms with van der Waals surface area (Å²) < 4.78 is 0. The summed E-state index contributed by atoms with van der Waals surface area (Å²) in [5.74, 6) is 0.240.